The normalized spacial score (nSPS) is 23.3. The Morgan fingerprint density at radius 3 is 2.83 bits per heavy atom. The first-order valence-corrected chi connectivity index (χ1v) is 8.02. The predicted molar refractivity (Wildman–Crippen MR) is 89.8 cm³/mol. The van der Waals surface area contributed by atoms with Crippen molar-refractivity contribution in [1.82, 2.24) is 14.7 Å². The summed E-state index contributed by atoms with van der Waals surface area (Å²) in [6, 6.07) is 3.18. The van der Waals surface area contributed by atoms with Crippen LogP contribution in [0.3, 0.4) is 0 Å². The molecule has 1 saturated carbocycles. The van der Waals surface area contributed by atoms with E-state index in [4.69, 9.17) is 0 Å². The first-order valence-electron chi connectivity index (χ1n) is 8.02. The summed E-state index contributed by atoms with van der Waals surface area (Å²) < 4.78 is 1.86. The molecule has 0 saturated heterocycles. The first-order chi connectivity index (χ1) is 11.3. The van der Waals surface area contributed by atoms with E-state index in [2.05, 4.69) is 15.6 Å². The molecule has 1 fully saturated rings. The Bertz CT molecular complexity index is 783. The zero-order valence-corrected chi connectivity index (χ0v) is 14.0. The van der Waals surface area contributed by atoms with Crippen molar-refractivity contribution >= 4 is 23.3 Å². The van der Waals surface area contributed by atoms with Gasteiger partial charge in [0.25, 0.3) is 0 Å². The van der Waals surface area contributed by atoms with Crippen LogP contribution in [0.1, 0.15) is 27.2 Å². The Labute approximate surface area is 140 Å². The molecule has 3 rings (SSSR count). The second-order valence-electron chi connectivity index (χ2n) is 7.05. The molecule has 1 aliphatic carbocycles. The summed E-state index contributed by atoms with van der Waals surface area (Å²) >= 11 is 0. The van der Waals surface area contributed by atoms with Gasteiger partial charge < -0.3 is 20.1 Å². The van der Waals surface area contributed by atoms with Gasteiger partial charge in [0.05, 0.1) is 5.92 Å². The number of imidazole rings is 1. The molecular weight excluding hydrogens is 308 g/mol. The number of carboxylic acid groups (broad SMARTS) is 1. The SMILES string of the molecule is CC(NC(=O)Nc1ccn2ccnc2c1)[C@@H]1C[C@H](C(=O)O)C1(C)C. The van der Waals surface area contributed by atoms with Gasteiger partial charge in [0, 0.05) is 36.4 Å². The van der Waals surface area contributed by atoms with Crippen molar-refractivity contribution in [3.63, 3.8) is 0 Å². The number of nitrogens with one attached hydrogen (secondary N) is 2. The number of carbonyl (C=O) groups is 2. The maximum atomic E-state index is 12.2. The van der Waals surface area contributed by atoms with E-state index in [1.165, 1.54) is 0 Å². The number of carboxylic acids is 1. The molecule has 1 aliphatic rings. The second-order valence-corrected chi connectivity index (χ2v) is 7.05. The molecular formula is C17H22N4O3. The number of urea groups is 1. The molecule has 0 bridgehead atoms. The van der Waals surface area contributed by atoms with Gasteiger partial charge >= 0.3 is 12.0 Å². The van der Waals surface area contributed by atoms with Gasteiger partial charge in [0.15, 0.2) is 0 Å². The molecule has 24 heavy (non-hydrogen) atoms. The Balaban J connectivity index is 1.59. The van der Waals surface area contributed by atoms with Crippen LogP contribution in [0.4, 0.5) is 10.5 Å². The molecule has 2 heterocycles. The van der Waals surface area contributed by atoms with Gasteiger partial charge in [-0.05, 0) is 30.7 Å². The maximum Gasteiger partial charge on any atom is 0.319 e. The summed E-state index contributed by atoms with van der Waals surface area (Å²) in [5, 5.41) is 14.9. The minimum atomic E-state index is -0.763. The van der Waals surface area contributed by atoms with Crippen LogP contribution in [0.15, 0.2) is 30.7 Å². The van der Waals surface area contributed by atoms with Crippen LogP contribution in [-0.4, -0.2) is 32.5 Å². The number of fused-ring (bicyclic) bond motifs is 1. The van der Waals surface area contributed by atoms with Gasteiger partial charge in [-0.1, -0.05) is 13.8 Å². The third-order valence-corrected chi connectivity index (χ3v) is 5.26. The minimum Gasteiger partial charge on any atom is -0.481 e. The molecule has 2 aromatic rings. The van der Waals surface area contributed by atoms with Crippen LogP contribution < -0.4 is 10.6 Å². The second kappa shape index (κ2) is 5.81. The highest BCUT2D eigenvalue weighted by molar-refractivity contribution is 5.90. The minimum absolute atomic E-state index is 0.106. The molecule has 0 radical (unpaired) electrons. The van der Waals surface area contributed by atoms with Crippen LogP contribution >= 0.6 is 0 Å². The van der Waals surface area contributed by atoms with Gasteiger partial charge in [-0.2, -0.15) is 0 Å². The van der Waals surface area contributed by atoms with E-state index in [9.17, 15) is 14.7 Å². The number of rotatable bonds is 4. The molecule has 2 aromatic heterocycles. The third-order valence-electron chi connectivity index (χ3n) is 5.26. The molecule has 1 unspecified atom stereocenters. The number of aromatic nitrogens is 2. The predicted octanol–water partition coefficient (Wildman–Crippen LogP) is 2.59. The Kier molecular flexibility index (Phi) is 3.95. The molecule has 0 spiro atoms. The van der Waals surface area contributed by atoms with Crippen molar-refractivity contribution in [2.24, 2.45) is 17.3 Å². The monoisotopic (exact) mass is 330 g/mol. The number of pyridine rings is 1. The average Bonchev–Trinajstić information content (AvgIpc) is 2.92. The summed E-state index contributed by atoms with van der Waals surface area (Å²) in [6.45, 7) is 5.81. The van der Waals surface area contributed by atoms with Gasteiger partial charge in [-0.25, -0.2) is 9.78 Å². The van der Waals surface area contributed by atoms with Crippen LogP contribution in [0.5, 0.6) is 0 Å². The van der Waals surface area contributed by atoms with Crippen LogP contribution in [0, 0.1) is 17.3 Å². The van der Waals surface area contributed by atoms with Crippen molar-refractivity contribution in [3.05, 3.63) is 30.7 Å². The van der Waals surface area contributed by atoms with Crippen LogP contribution in [-0.2, 0) is 4.79 Å². The zero-order chi connectivity index (χ0) is 17.5. The quantitative estimate of drug-likeness (QED) is 0.803. The molecule has 7 heteroatoms. The van der Waals surface area contributed by atoms with Crippen molar-refractivity contribution in [2.75, 3.05) is 5.32 Å². The Hall–Kier alpha value is -2.57. The molecule has 7 nitrogen and oxygen atoms in total. The number of nitrogens with zero attached hydrogens (tertiary/aromatic N) is 2. The molecule has 0 aromatic carbocycles. The lowest BCUT2D eigenvalue weighted by Gasteiger charge is -2.52. The van der Waals surface area contributed by atoms with E-state index in [-0.39, 0.29) is 29.3 Å². The lowest BCUT2D eigenvalue weighted by Crippen LogP contribution is -2.57. The summed E-state index contributed by atoms with van der Waals surface area (Å²) in [6.07, 6.45) is 5.94. The lowest BCUT2D eigenvalue weighted by atomic mass is 9.53. The third kappa shape index (κ3) is 2.81. The van der Waals surface area contributed by atoms with Crippen molar-refractivity contribution in [2.45, 2.75) is 33.2 Å². The van der Waals surface area contributed by atoms with E-state index in [1.807, 2.05) is 37.6 Å². The Morgan fingerprint density at radius 1 is 1.42 bits per heavy atom. The highest BCUT2D eigenvalue weighted by Gasteiger charge is 2.53. The maximum absolute atomic E-state index is 12.2. The first kappa shape index (κ1) is 16.3. The number of amides is 2. The number of hydrogen-bond donors (Lipinski definition) is 3. The Morgan fingerprint density at radius 2 is 2.17 bits per heavy atom. The van der Waals surface area contributed by atoms with Gasteiger partial charge in [-0.15, -0.1) is 0 Å². The highest BCUT2D eigenvalue weighted by Crippen LogP contribution is 2.52. The summed E-state index contributed by atoms with van der Waals surface area (Å²) in [5.41, 5.74) is 1.09. The van der Waals surface area contributed by atoms with Gasteiger partial charge in [0.2, 0.25) is 0 Å². The summed E-state index contributed by atoms with van der Waals surface area (Å²) in [4.78, 5) is 27.6. The van der Waals surface area contributed by atoms with Gasteiger partial charge in [0.1, 0.15) is 5.65 Å². The number of hydrogen-bond acceptors (Lipinski definition) is 3. The van der Waals surface area contributed by atoms with Crippen molar-refractivity contribution in [3.8, 4) is 0 Å². The fraction of sp³-hybridized carbons (Fsp3) is 0.471. The fourth-order valence-electron chi connectivity index (χ4n) is 3.69. The number of aliphatic carboxylic acids is 1. The summed E-state index contributed by atoms with van der Waals surface area (Å²) in [5.74, 6) is -0.974. The van der Waals surface area contributed by atoms with E-state index in [1.54, 1.807) is 18.3 Å². The molecule has 3 N–H and O–H groups in total. The average molecular weight is 330 g/mol. The van der Waals surface area contributed by atoms with Crippen LogP contribution in [0.25, 0.3) is 5.65 Å². The smallest absolute Gasteiger partial charge is 0.319 e. The molecule has 0 aliphatic heterocycles. The van der Waals surface area contributed by atoms with Crippen LogP contribution in [0.2, 0.25) is 0 Å². The highest BCUT2D eigenvalue weighted by atomic mass is 16.4. The van der Waals surface area contributed by atoms with Crippen molar-refractivity contribution in [1.29, 1.82) is 0 Å². The standard InChI is InChI=1S/C17H22N4O3/c1-10(12-9-13(15(22)23)17(12,2)3)19-16(24)20-11-4-6-21-7-5-18-14(21)8-11/h4-8,10,12-13H,9H2,1-3H3,(H,22,23)(H2,19,20,24)/t10?,12-,13+/m0/s1. The van der Waals surface area contributed by atoms with E-state index in [0.29, 0.717) is 12.1 Å². The van der Waals surface area contributed by atoms with E-state index >= 15 is 0 Å². The van der Waals surface area contributed by atoms with E-state index < -0.39 is 5.97 Å². The fourth-order valence-corrected chi connectivity index (χ4v) is 3.69. The summed E-state index contributed by atoms with van der Waals surface area (Å²) in [7, 11) is 0. The largest absolute Gasteiger partial charge is 0.481 e. The van der Waals surface area contributed by atoms with Gasteiger partial charge in [-0.3, -0.25) is 4.79 Å². The molecule has 2 amide bonds. The number of carbonyl (C=O) groups excluding carboxylic acids is 1. The van der Waals surface area contributed by atoms with Crippen molar-refractivity contribution < 1.29 is 14.7 Å². The number of anilines is 1. The molecule has 128 valence electrons. The lowest BCUT2D eigenvalue weighted by molar-refractivity contribution is -0.160. The zero-order valence-electron chi connectivity index (χ0n) is 14.0. The topological polar surface area (TPSA) is 95.7 Å². The molecule has 3 atom stereocenters. The van der Waals surface area contributed by atoms with E-state index in [0.717, 1.165) is 5.65 Å².